The van der Waals surface area contributed by atoms with Crippen molar-refractivity contribution in [3.63, 3.8) is 0 Å². The van der Waals surface area contributed by atoms with Crippen LogP contribution in [0.1, 0.15) is 30.4 Å². The summed E-state index contributed by atoms with van der Waals surface area (Å²) in [5.74, 6) is 0.525. The maximum atomic E-state index is 14.0. The molecule has 1 N–H and O–H groups in total. The molecular weight excluding hydrogens is 435 g/mol. The molecule has 0 amide bonds. The van der Waals surface area contributed by atoms with Gasteiger partial charge in [-0.1, -0.05) is 12.1 Å². The summed E-state index contributed by atoms with van der Waals surface area (Å²) in [7, 11) is 0. The first-order valence-electron chi connectivity index (χ1n) is 10.8. The predicted molar refractivity (Wildman–Crippen MR) is 131 cm³/mol. The normalized spacial score (nSPS) is 17.8. The molecule has 3 heterocycles. The Morgan fingerprint density at radius 3 is 2.58 bits per heavy atom. The summed E-state index contributed by atoms with van der Waals surface area (Å²) in [4.78, 5) is 6.69. The van der Waals surface area contributed by atoms with Gasteiger partial charge in [0.05, 0.1) is 18.3 Å². The summed E-state index contributed by atoms with van der Waals surface area (Å²) in [6, 6.07) is 23.9. The lowest BCUT2D eigenvalue weighted by atomic mass is 10.0. The minimum Gasteiger partial charge on any atom is -0.494 e. The van der Waals surface area contributed by atoms with Gasteiger partial charge in [-0.3, -0.25) is 4.98 Å². The monoisotopic (exact) mass is 458 g/mol. The summed E-state index contributed by atoms with van der Waals surface area (Å²) in [5.41, 5.74) is 3.54. The van der Waals surface area contributed by atoms with Gasteiger partial charge in [0.1, 0.15) is 17.6 Å². The third-order valence-electron chi connectivity index (χ3n) is 5.69. The van der Waals surface area contributed by atoms with E-state index in [1.807, 2.05) is 78.4 Å². The molecule has 4 aromatic rings. The predicted octanol–water partition coefficient (Wildman–Crippen LogP) is 5.59. The Hall–Kier alpha value is -3.71. The van der Waals surface area contributed by atoms with Gasteiger partial charge < -0.3 is 19.5 Å². The highest BCUT2D eigenvalue weighted by molar-refractivity contribution is 7.80. The van der Waals surface area contributed by atoms with E-state index in [1.165, 1.54) is 12.1 Å². The number of pyridine rings is 1. The van der Waals surface area contributed by atoms with Crippen LogP contribution >= 0.6 is 12.2 Å². The number of anilines is 1. The molecule has 5 nitrogen and oxygen atoms in total. The Balaban J connectivity index is 1.63. The molecule has 1 saturated heterocycles. The van der Waals surface area contributed by atoms with Gasteiger partial charge in [0, 0.05) is 29.5 Å². The summed E-state index contributed by atoms with van der Waals surface area (Å²) < 4.78 is 21.6. The smallest absolute Gasteiger partial charge is 0.174 e. The Morgan fingerprint density at radius 1 is 1.00 bits per heavy atom. The van der Waals surface area contributed by atoms with Crippen LogP contribution in [-0.2, 0) is 0 Å². The number of hydrogen-bond acceptors (Lipinski definition) is 3. The van der Waals surface area contributed by atoms with E-state index < -0.39 is 0 Å². The molecule has 0 saturated carbocycles. The fourth-order valence-electron chi connectivity index (χ4n) is 4.30. The first kappa shape index (κ1) is 21.2. The first-order valence-corrected chi connectivity index (χ1v) is 11.2. The molecule has 0 unspecified atom stereocenters. The molecule has 0 radical (unpaired) electrons. The van der Waals surface area contributed by atoms with Crippen molar-refractivity contribution >= 4 is 23.0 Å². The van der Waals surface area contributed by atoms with Crippen LogP contribution in [0.15, 0.2) is 91.3 Å². The Morgan fingerprint density at radius 2 is 1.85 bits per heavy atom. The molecule has 1 fully saturated rings. The zero-order valence-electron chi connectivity index (χ0n) is 18.1. The van der Waals surface area contributed by atoms with E-state index in [2.05, 4.69) is 15.2 Å². The molecule has 1 aliphatic heterocycles. The highest BCUT2D eigenvalue weighted by Gasteiger charge is 2.42. The standard InChI is InChI=1S/C26H23FN4OS/c1-2-32-21-13-11-19(12-14-21)31-25(24(29-26(31)33)22-9-3-4-15-28-22)23-10-6-16-30(23)20-8-5-7-18(27)17-20/h3-17,24-25H,2H2,1H3,(H,29,33)/t24-,25+/m0/s1. The number of benzene rings is 2. The van der Waals surface area contributed by atoms with E-state index in [-0.39, 0.29) is 17.9 Å². The fraction of sp³-hybridized carbons (Fsp3) is 0.154. The molecule has 0 spiro atoms. The average Bonchev–Trinajstić information content (AvgIpc) is 3.45. The van der Waals surface area contributed by atoms with Gasteiger partial charge in [-0.2, -0.15) is 0 Å². The van der Waals surface area contributed by atoms with Crippen LogP contribution in [0.5, 0.6) is 5.75 Å². The van der Waals surface area contributed by atoms with Gasteiger partial charge >= 0.3 is 0 Å². The number of rotatable bonds is 6. The quantitative estimate of drug-likeness (QED) is 0.382. The van der Waals surface area contributed by atoms with E-state index in [0.29, 0.717) is 11.7 Å². The van der Waals surface area contributed by atoms with Crippen LogP contribution in [0.2, 0.25) is 0 Å². The van der Waals surface area contributed by atoms with Gasteiger partial charge in [0.2, 0.25) is 0 Å². The van der Waals surface area contributed by atoms with Crippen LogP contribution < -0.4 is 15.0 Å². The number of aromatic nitrogens is 2. The van der Waals surface area contributed by atoms with E-state index in [9.17, 15) is 4.39 Å². The van der Waals surface area contributed by atoms with Gasteiger partial charge in [-0.15, -0.1) is 0 Å². The molecule has 2 aromatic heterocycles. The Bertz CT molecular complexity index is 1260. The second-order valence-corrected chi connectivity index (χ2v) is 8.09. The number of ether oxygens (including phenoxy) is 1. The summed E-state index contributed by atoms with van der Waals surface area (Å²) in [5, 5.41) is 4.07. The molecule has 166 valence electrons. The van der Waals surface area contributed by atoms with Gasteiger partial charge in [-0.05, 0) is 85.9 Å². The van der Waals surface area contributed by atoms with E-state index >= 15 is 0 Å². The molecule has 2 atom stereocenters. The van der Waals surface area contributed by atoms with Crippen molar-refractivity contribution in [1.29, 1.82) is 0 Å². The second-order valence-electron chi connectivity index (χ2n) is 7.71. The van der Waals surface area contributed by atoms with Crippen LogP contribution in [0.3, 0.4) is 0 Å². The highest BCUT2D eigenvalue weighted by Crippen LogP contribution is 2.42. The van der Waals surface area contributed by atoms with Crippen LogP contribution in [0.25, 0.3) is 5.69 Å². The summed E-state index contributed by atoms with van der Waals surface area (Å²) in [6.45, 7) is 2.57. The fourth-order valence-corrected chi connectivity index (χ4v) is 4.65. The zero-order valence-corrected chi connectivity index (χ0v) is 18.9. The van der Waals surface area contributed by atoms with Crippen LogP contribution in [0.4, 0.5) is 10.1 Å². The zero-order chi connectivity index (χ0) is 22.8. The first-order chi connectivity index (χ1) is 16.2. The van der Waals surface area contributed by atoms with Crippen molar-refractivity contribution in [2.45, 2.75) is 19.0 Å². The number of thiocarbonyl (C=S) groups is 1. The van der Waals surface area contributed by atoms with Crippen LogP contribution in [-0.4, -0.2) is 21.3 Å². The number of hydrogen-bond donors (Lipinski definition) is 1. The molecule has 2 aromatic carbocycles. The maximum Gasteiger partial charge on any atom is 0.174 e. The van der Waals surface area contributed by atoms with Gasteiger partial charge in [-0.25, -0.2) is 4.39 Å². The molecule has 0 bridgehead atoms. The van der Waals surface area contributed by atoms with Gasteiger partial charge in [0.25, 0.3) is 0 Å². The van der Waals surface area contributed by atoms with E-state index in [4.69, 9.17) is 17.0 Å². The Labute approximate surface area is 197 Å². The lowest BCUT2D eigenvalue weighted by Gasteiger charge is -2.29. The molecule has 0 aliphatic carbocycles. The molecular formula is C26H23FN4OS. The Kier molecular flexibility index (Phi) is 5.79. The number of halogens is 1. The second kappa shape index (κ2) is 9.03. The topological polar surface area (TPSA) is 42.3 Å². The maximum absolute atomic E-state index is 14.0. The third-order valence-corrected chi connectivity index (χ3v) is 6.01. The molecule has 7 heteroatoms. The number of nitrogens with zero attached hydrogens (tertiary/aromatic N) is 3. The van der Waals surface area contributed by atoms with Crippen molar-refractivity contribution in [1.82, 2.24) is 14.9 Å². The highest BCUT2D eigenvalue weighted by atomic mass is 32.1. The summed E-state index contributed by atoms with van der Waals surface area (Å²) >= 11 is 5.80. The minimum absolute atomic E-state index is 0.188. The average molecular weight is 459 g/mol. The minimum atomic E-state index is -0.281. The largest absolute Gasteiger partial charge is 0.494 e. The molecule has 1 aliphatic rings. The SMILES string of the molecule is CCOc1ccc(N2C(=S)N[C@@H](c3ccccn3)[C@H]2c2cccn2-c2cccc(F)c2)cc1. The van der Waals surface area contributed by atoms with Crippen molar-refractivity contribution in [2.75, 3.05) is 11.5 Å². The molecule has 33 heavy (non-hydrogen) atoms. The van der Waals surface area contributed by atoms with E-state index in [1.54, 1.807) is 12.3 Å². The molecule has 5 rings (SSSR count). The number of nitrogens with one attached hydrogen (secondary N) is 1. The third kappa shape index (κ3) is 4.07. The summed E-state index contributed by atoms with van der Waals surface area (Å²) in [6.07, 6.45) is 3.72. The van der Waals surface area contributed by atoms with Crippen molar-refractivity contribution < 1.29 is 9.13 Å². The van der Waals surface area contributed by atoms with Crippen molar-refractivity contribution in [3.05, 3.63) is 108 Å². The van der Waals surface area contributed by atoms with Crippen LogP contribution in [0, 0.1) is 5.82 Å². The van der Waals surface area contributed by atoms with Crippen molar-refractivity contribution in [2.24, 2.45) is 0 Å². The lowest BCUT2D eigenvalue weighted by Crippen LogP contribution is -2.30. The van der Waals surface area contributed by atoms with E-state index in [0.717, 1.165) is 28.5 Å². The lowest BCUT2D eigenvalue weighted by molar-refractivity contribution is 0.340. The van der Waals surface area contributed by atoms with Gasteiger partial charge in [0.15, 0.2) is 5.11 Å². The van der Waals surface area contributed by atoms with Crippen molar-refractivity contribution in [3.8, 4) is 11.4 Å².